The van der Waals surface area contributed by atoms with Crippen LogP contribution in [0.4, 0.5) is 0 Å². The van der Waals surface area contributed by atoms with Crippen molar-refractivity contribution in [2.45, 2.75) is 33.2 Å². The second kappa shape index (κ2) is 3.11. The third-order valence-electron chi connectivity index (χ3n) is 1.89. The molecule has 0 radical (unpaired) electrons. The Balaban J connectivity index is 4.38. The molecule has 0 heterocycles. The van der Waals surface area contributed by atoms with Crippen molar-refractivity contribution in [2.24, 2.45) is 5.92 Å². The van der Waals surface area contributed by atoms with E-state index in [-0.39, 0.29) is 11.5 Å². The predicted molar refractivity (Wildman–Crippen MR) is 46.9 cm³/mol. The lowest BCUT2D eigenvalue weighted by Gasteiger charge is -2.29. The highest BCUT2D eigenvalue weighted by molar-refractivity contribution is 7.88. The number of rotatable bonds is 3. The summed E-state index contributed by atoms with van der Waals surface area (Å²) < 4.78 is 24.2. The standard InChI is InChI=1S/C7H17NO2S/c1-6(2)7(3,4)8-11(5,9)10/h6,8H,1-5H3. The van der Waals surface area contributed by atoms with E-state index >= 15 is 0 Å². The van der Waals surface area contributed by atoms with Crippen molar-refractivity contribution in [2.75, 3.05) is 6.26 Å². The van der Waals surface area contributed by atoms with Crippen LogP contribution in [-0.4, -0.2) is 20.2 Å². The van der Waals surface area contributed by atoms with Gasteiger partial charge < -0.3 is 0 Å². The Morgan fingerprint density at radius 1 is 1.27 bits per heavy atom. The van der Waals surface area contributed by atoms with Gasteiger partial charge in [0.25, 0.3) is 0 Å². The average molecular weight is 179 g/mol. The molecule has 0 aliphatic carbocycles. The Bertz CT molecular complexity index is 217. The first-order valence-electron chi connectivity index (χ1n) is 3.64. The van der Waals surface area contributed by atoms with E-state index in [1.807, 2.05) is 27.7 Å². The van der Waals surface area contributed by atoms with Gasteiger partial charge in [-0.2, -0.15) is 0 Å². The van der Waals surface area contributed by atoms with Gasteiger partial charge in [0, 0.05) is 5.54 Å². The van der Waals surface area contributed by atoms with Gasteiger partial charge in [0.2, 0.25) is 10.0 Å². The van der Waals surface area contributed by atoms with Gasteiger partial charge in [-0.3, -0.25) is 0 Å². The van der Waals surface area contributed by atoms with E-state index in [1.165, 1.54) is 6.26 Å². The van der Waals surface area contributed by atoms with Crippen LogP contribution in [-0.2, 0) is 10.0 Å². The van der Waals surface area contributed by atoms with Gasteiger partial charge in [-0.25, -0.2) is 13.1 Å². The molecule has 0 rings (SSSR count). The van der Waals surface area contributed by atoms with Crippen LogP contribution in [0.1, 0.15) is 27.7 Å². The summed E-state index contributed by atoms with van der Waals surface area (Å²) in [4.78, 5) is 0. The largest absolute Gasteiger partial charge is 0.213 e. The van der Waals surface area contributed by atoms with E-state index in [0.717, 1.165) is 0 Å². The molecule has 1 N–H and O–H groups in total. The molecule has 0 aromatic heterocycles. The summed E-state index contributed by atoms with van der Waals surface area (Å²) in [5, 5.41) is 0. The summed E-state index contributed by atoms with van der Waals surface area (Å²) in [5.74, 6) is 0.289. The van der Waals surface area contributed by atoms with E-state index in [1.54, 1.807) is 0 Å². The van der Waals surface area contributed by atoms with E-state index in [0.29, 0.717) is 0 Å². The molecule has 0 aromatic rings. The monoisotopic (exact) mass is 179 g/mol. The highest BCUT2D eigenvalue weighted by Crippen LogP contribution is 2.15. The number of nitrogens with one attached hydrogen (secondary N) is 1. The predicted octanol–water partition coefficient (Wildman–Crippen LogP) is 0.970. The summed E-state index contributed by atoms with van der Waals surface area (Å²) in [5.41, 5.74) is -0.354. The minimum Gasteiger partial charge on any atom is -0.213 e. The maximum atomic E-state index is 10.8. The second-order valence-corrected chi connectivity index (χ2v) is 5.50. The minimum atomic E-state index is -3.08. The smallest absolute Gasteiger partial charge is 0.209 e. The fourth-order valence-corrected chi connectivity index (χ4v) is 1.79. The molecule has 0 bridgehead atoms. The van der Waals surface area contributed by atoms with E-state index < -0.39 is 10.0 Å². The zero-order valence-electron chi connectivity index (χ0n) is 7.80. The summed E-state index contributed by atoms with van der Waals surface area (Å²) in [6.07, 6.45) is 1.18. The van der Waals surface area contributed by atoms with Crippen LogP contribution in [0.15, 0.2) is 0 Å². The Morgan fingerprint density at radius 3 is 1.73 bits per heavy atom. The highest BCUT2D eigenvalue weighted by Gasteiger charge is 2.25. The van der Waals surface area contributed by atoms with Crippen molar-refractivity contribution >= 4 is 10.0 Å². The maximum Gasteiger partial charge on any atom is 0.209 e. The molecule has 0 aliphatic heterocycles. The van der Waals surface area contributed by atoms with Gasteiger partial charge in [0.1, 0.15) is 0 Å². The molecule has 0 aliphatic rings. The lowest BCUT2D eigenvalue weighted by atomic mass is 9.92. The average Bonchev–Trinajstić information content (AvgIpc) is 1.56. The molecule has 3 nitrogen and oxygen atoms in total. The Hall–Kier alpha value is -0.0900. The molecule has 0 fully saturated rings. The Kier molecular flexibility index (Phi) is 3.08. The molecule has 0 saturated heterocycles. The van der Waals surface area contributed by atoms with Crippen molar-refractivity contribution in [1.29, 1.82) is 0 Å². The first-order valence-corrected chi connectivity index (χ1v) is 5.53. The Morgan fingerprint density at radius 2 is 1.64 bits per heavy atom. The Labute approximate surface area is 69.2 Å². The van der Waals surface area contributed by atoms with Gasteiger partial charge in [0.05, 0.1) is 6.26 Å². The topological polar surface area (TPSA) is 46.2 Å². The fourth-order valence-electron chi connectivity index (χ4n) is 0.596. The third-order valence-corrected chi connectivity index (χ3v) is 2.79. The molecule has 0 spiro atoms. The quantitative estimate of drug-likeness (QED) is 0.701. The molecule has 68 valence electrons. The molecular weight excluding hydrogens is 162 g/mol. The normalized spacial score (nSPS) is 14.0. The molecule has 0 saturated carbocycles. The van der Waals surface area contributed by atoms with E-state index in [4.69, 9.17) is 0 Å². The maximum absolute atomic E-state index is 10.8. The SMILES string of the molecule is CC(C)C(C)(C)NS(C)(=O)=O. The minimum absolute atomic E-state index is 0.289. The van der Waals surface area contributed by atoms with Gasteiger partial charge in [-0.1, -0.05) is 13.8 Å². The van der Waals surface area contributed by atoms with Crippen LogP contribution < -0.4 is 4.72 Å². The van der Waals surface area contributed by atoms with Crippen molar-refractivity contribution < 1.29 is 8.42 Å². The molecule has 0 atom stereocenters. The van der Waals surface area contributed by atoms with Crippen molar-refractivity contribution in [1.82, 2.24) is 4.72 Å². The molecule has 0 aromatic carbocycles. The van der Waals surface area contributed by atoms with Gasteiger partial charge in [-0.05, 0) is 19.8 Å². The lowest BCUT2D eigenvalue weighted by Crippen LogP contribution is -2.46. The molecule has 4 heteroatoms. The zero-order valence-corrected chi connectivity index (χ0v) is 8.62. The molecular formula is C7H17NO2S. The lowest BCUT2D eigenvalue weighted by molar-refractivity contribution is 0.337. The number of hydrogen-bond donors (Lipinski definition) is 1. The van der Waals surface area contributed by atoms with Crippen LogP contribution in [0, 0.1) is 5.92 Å². The van der Waals surface area contributed by atoms with Crippen molar-refractivity contribution in [3.63, 3.8) is 0 Å². The van der Waals surface area contributed by atoms with Crippen molar-refractivity contribution in [3.05, 3.63) is 0 Å². The van der Waals surface area contributed by atoms with Gasteiger partial charge in [-0.15, -0.1) is 0 Å². The van der Waals surface area contributed by atoms with Gasteiger partial charge in [0.15, 0.2) is 0 Å². The van der Waals surface area contributed by atoms with Crippen LogP contribution in [0.5, 0.6) is 0 Å². The zero-order chi connectivity index (χ0) is 9.28. The van der Waals surface area contributed by atoms with E-state index in [9.17, 15) is 8.42 Å². The number of sulfonamides is 1. The van der Waals surface area contributed by atoms with Gasteiger partial charge >= 0.3 is 0 Å². The van der Waals surface area contributed by atoms with Crippen LogP contribution >= 0.6 is 0 Å². The first kappa shape index (κ1) is 10.9. The van der Waals surface area contributed by atoms with Crippen LogP contribution in [0.3, 0.4) is 0 Å². The molecule has 0 amide bonds. The fraction of sp³-hybridized carbons (Fsp3) is 1.00. The summed E-state index contributed by atoms with van der Waals surface area (Å²) >= 11 is 0. The van der Waals surface area contributed by atoms with Crippen molar-refractivity contribution in [3.8, 4) is 0 Å². The first-order chi connectivity index (χ1) is 4.65. The molecule has 0 unspecified atom stereocenters. The summed E-state index contributed by atoms with van der Waals surface area (Å²) in [6.45, 7) is 7.72. The van der Waals surface area contributed by atoms with Crippen LogP contribution in [0.25, 0.3) is 0 Å². The van der Waals surface area contributed by atoms with E-state index in [2.05, 4.69) is 4.72 Å². The number of hydrogen-bond acceptors (Lipinski definition) is 2. The second-order valence-electron chi connectivity index (χ2n) is 3.75. The van der Waals surface area contributed by atoms with Crippen LogP contribution in [0.2, 0.25) is 0 Å². The third kappa shape index (κ3) is 4.37. The highest BCUT2D eigenvalue weighted by atomic mass is 32.2. The summed E-state index contributed by atoms with van der Waals surface area (Å²) in [7, 11) is -3.08. The molecule has 11 heavy (non-hydrogen) atoms. The summed E-state index contributed by atoms with van der Waals surface area (Å²) in [6, 6.07) is 0.